The molecule has 0 atom stereocenters. The molecule has 2 amide bonds. The number of methoxy groups -OCH3 is 1. The van der Waals surface area contributed by atoms with Crippen LogP contribution in [0.15, 0.2) is 48.5 Å². The predicted molar refractivity (Wildman–Crippen MR) is 104 cm³/mol. The number of anilines is 2. The van der Waals surface area contributed by atoms with Gasteiger partial charge in [0, 0.05) is 0 Å². The minimum absolute atomic E-state index is 0.0215. The van der Waals surface area contributed by atoms with Crippen LogP contribution >= 0.6 is 0 Å². The second-order valence-corrected chi connectivity index (χ2v) is 6.85. The van der Waals surface area contributed by atoms with Crippen molar-refractivity contribution in [1.82, 2.24) is 0 Å². The summed E-state index contributed by atoms with van der Waals surface area (Å²) in [6.07, 6.45) is 0.992. The Morgan fingerprint density at radius 3 is 1.85 bits per heavy atom. The van der Waals surface area contributed by atoms with Crippen molar-refractivity contribution in [1.29, 1.82) is 0 Å². The molecule has 0 aromatic heterocycles. The summed E-state index contributed by atoms with van der Waals surface area (Å²) in [6.45, 7) is 3.84. The third kappa shape index (κ3) is 4.05. The van der Waals surface area contributed by atoms with E-state index in [0.29, 0.717) is 35.7 Å². The van der Waals surface area contributed by atoms with Gasteiger partial charge in [0.1, 0.15) is 16.9 Å². The smallest absolute Gasteiger partial charge is 0.240 e. The fourth-order valence-corrected chi connectivity index (χ4v) is 2.84. The molecule has 0 heterocycles. The zero-order valence-electron chi connectivity index (χ0n) is 15.7. The van der Waals surface area contributed by atoms with Gasteiger partial charge in [-0.25, -0.2) is 0 Å². The van der Waals surface area contributed by atoms with E-state index >= 15 is 0 Å². The van der Waals surface area contributed by atoms with Gasteiger partial charge in [-0.15, -0.1) is 0 Å². The van der Waals surface area contributed by atoms with Crippen LogP contribution in [0.4, 0.5) is 11.4 Å². The number of hydrogen-bond donors (Lipinski definition) is 2. The van der Waals surface area contributed by atoms with Crippen molar-refractivity contribution >= 4 is 23.2 Å². The van der Waals surface area contributed by atoms with Crippen LogP contribution in [0.2, 0.25) is 0 Å². The molecule has 0 radical (unpaired) electrons. The molecule has 3 rings (SSSR count). The number of carbonyl (C=O) groups excluding carboxylic acids is 2. The first-order valence-corrected chi connectivity index (χ1v) is 8.98. The molecule has 27 heavy (non-hydrogen) atoms. The number of nitrogens with one attached hydrogen (secondary N) is 2. The summed E-state index contributed by atoms with van der Waals surface area (Å²) in [6, 6.07) is 14.3. The molecular formula is C21H24N2O4. The van der Waals surface area contributed by atoms with E-state index in [-0.39, 0.29) is 17.9 Å². The van der Waals surface area contributed by atoms with E-state index in [1.807, 2.05) is 32.0 Å². The Bertz CT molecular complexity index is 844. The van der Waals surface area contributed by atoms with Crippen LogP contribution in [0, 0.1) is 5.41 Å². The molecule has 2 aromatic carbocycles. The third-order valence-corrected chi connectivity index (χ3v) is 4.47. The highest BCUT2D eigenvalue weighted by atomic mass is 16.5. The molecule has 1 aliphatic carbocycles. The maximum atomic E-state index is 12.9. The third-order valence-electron chi connectivity index (χ3n) is 4.47. The molecular weight excluding hydrogens is 344 g/mol. The average molecular weight is 368 g/mol. The quantitative estimate of drug-likeness (QED) is 0.728. The van der Waals surface area contributed by atoms with Crippen molar-refractivity contribution in [3.63, 3.8) is 0 Å². The number of carbonyl (C=O) groups is 2. The van der Waals surface area contributed by atoms with Gasteiger partial charge in [0.25, 0.3) is 0 Å². The van der Waals surface area contributed by atoms with Gasteiger partial charge in [0.2, 0.25) is 11.8 Å². The van der Waals surface area contributed by atoms with Gasteiger partial charge in [-0.2, -0.15) is 0 Å². The maximum absolute atomic E-state index is 12.9. The zero-order chi connectivity index (χ0) is 19.4. The van der Waals surface area contributed by atoms with Crippen LogP contribution in [0.1, 0.15) is 26.7 Å². The number of amides is 2. The Morgan fingerprint density at radius 1 is 0.889 bits per heavy atom. The van der Waals surface area contributed by atoms with Gasteiger partial charge in [-0.1, -0.05) is 24.3 Å². The van der Waals surface area contributed by atoms with Crippen LogP contribution in [-0.4, -0.2) is 25.0 Å². The lowest BCUT2D eigenvalue weighted by atomic mass is 10.0. The summed E-state index contributed by atoms with van der Waals surface area (Å²) < 4.78 is 11.0. The Balaban J connectivity index is 1.74. The van der Waals surface area contributed by atoms with Gasteiger partial charge in [0.15, 0.2) is 0 Å². The van der Waals surface area contributed by atoms with Gasteiger partial charge >= 0.3 is 0 Å². The molecule has 142 valence electrons. The molecule has 6 nitrogen and oxygen atoms in total. The number of benzene rings is 2. The molecule has 1 aliphatic rings. The first kappa shape index (κ1) is 18.8. The van der Waals surface area contributed by atoms with Crippen LogP contribution in [0.5, 0.6) is 11.5 Å². The van der Waals surface area contributed by atoms with E-state index in [4.69, 9.17) is 9.47 Å². The Kier molecular flexibility index (Phi) is 5.35. The first-order valence-electron chi connectivity index (χ1n) is 8.98. The second-order valence-electron chi connectivity index (χ2n) is 6.85. The van der Waals surface area contributed by atoms with Crippen molar-refractivity contribution in [2.75, 3.05) is 17.7 Å². The van der Waals surface area contributed by atoms with E-state index in [1.54, 1.807) is 30.3 Å². The number of para-hydroxylation sites is 4. The van der Waals surface area contributed by atoms with E-state index in [2.05, 4.69) is 10.6 Å². The molecule has 2 N–H and O–H groups in total. The lowest BCUT2D eigenvalue weighted by Gasteiger charge is -2.19. The SMILES string of the molecule is COc1ccccc1NC(=O)C1(C(=O)Nc2ccccc2OC(C)C)CC1. The van der Waals surface area contributed by atoms with Crippen molar-refractivity contribution in [2.24, 2.45) is 5.41 Å². The highest BCUT2D eigenvalue weighted by molar-refractivity contribution is 6.17. The largest absolute Gasteiger partial charge is 0.495 e. The summed E-state index contributed by atoms with van der Waals surface area (Å²) in [5.74, 6) is 0.487. The van der Waals surface area contributed by atoms with Crippen LogP contribution in [0.25, 0.3) is 0 Å². The molecule has 6 heteroatoms. The standard InChI is InChI=1S/C21H24N2O4/c1-14(2)27-18-11-7-5-9-16(18)23-20(25)21(12-13-21)19(24)22-15-8-4-6-10-17(15)26-3/h4-11,14H,12-13H2,1-3H3,(H,22,24)(H,23,25). The summed E-state index contributed by atoms with van der Waals surface area (Å²) >= 11 is 0. The average Bonchev–Trinajstić information content (AvgIpc) is 3.45. The minimum Gasteiger partial charge on any atom is -0.495 e. The summed E-state index contributed by atoms with van der Waals surface area (Å²) in [5.41, 5.74) is 0.0476. The Labute approximate surface area is 158 Å². The lowest BCUT2D eigenvalue weighted by Crippen LogP contribution is -2.35. The van der Waals surface area contributed by atoms with Crippen LogP contribution < -0.4 is 20.1 Å². The van der Waals surface area contributed by atoms with Gasteiger partial charge in [0.05, 0.1) is 24.6 Å². The molecule has 0 spiro atoms. The molecule has 0 saturated heterocycles. The van der Waals surface area contributed by atoms with Crippen molar-refractivity contribution in [3.8, 4) is 11.5 Å². The number of ether oxygens (including phenoxy) is 2. The van der Waals surface area contributed by atoms with Crippen molar-refractivity contribution in [2.45, 2.75) is 32.8 Å². The minimum atomic E-state index is -1.06. The van der Waals surface area contributed by atoms with E-state index in [0.717, 1.165) is 0 Å². The number of hydrogen-bond acceptors (Lipinski definition) is 4. The lowest BCUT2D eigenvalue weighted by molar-refractivity contribution is -0.131. The van der Waals surface area contributed by atoms with Crippen molar-refractivity contribution < 1.29 is 19.1 Å². The van der Waals surface area contributed by atoms with E-state index < -0.39 is 5.41 Å². The summed E-state index contributed by atoms with van der Waals surface area (Å²) in [7, 11) is 1.54. The second kappa shape index (κ2) is 7.70. The molecule has 1 fully saturated rings. The topological polar surface area (TPSA) is 76.7 Å². The van der Waals surface area contributed by atoms with Gasteiger partial charge in [-0.05, 0) is 51.0 Å². The molecule has 0 unspecified atom stereocenters. The van der Waals surface area contributed by atoms with E-state index in [1.165, 1.54) is 7.11 Å². The zero-order valence-corrected chi connectivity index (χ0v) is 15.7. The highest BCUT2D eigenvalue weighted by Crippen LogP contribution is 2.48. The van der Waals surface area contributed by atoms with Crippen LogP contribution in [0.3, 0.4) is 0 Å². The van der Waals surface area contributed by atoms with E-state index in [9.17, 15) is 9.59 Å². The van der Waals surface area contributed by atoms with Gasteiger partial charge in [-0.3, -0.25) is 9.59 Å². The van der Waals surface area contributed by atoms with Crippen molar-refractivity contribution in [3.05, 3.63) is 48.5 Å². The fourth-order valence-electron chi connectivity index (χ4n) is 2.84. The molecule has 0 bridgehead atoms. The maximum Gasteiger partial charge on any atom is 0.240 e. The molecule has 2 aromatic rings. The normalized spacial score (nSPS) is 14.4. The molecule has 0 aliphatic heterocycles. The van der Waals surface area contributed by atoms with Gasteiger partial charge < -0.3 is 20.1 Å². The molecule has 1 saturated carbocycles. The fraction of sp³-hybridized carbons (Fsp3) is 0.333. The predicted octanol–water partition coefficient (Wildman–Crippen LogP) is 3.84. The number of rotatable bonds is 7. The monoisotopic (exact) mass is 368 g/mol. The first-order chi connectivity index (χ1) is 13.0. The highest BCUT2D eigenvalue weighted by Gasteiger charge is 2.56. The summed E-state index contributed by atoms with van der Waals surface area (Å²) in [4.78, 5) is 25.7. The summed E-state index contributed by atoms with van der Waals surface area (Å²) in [5, 5.41) is 5.68. The Hall–Kier alpha value is -3.02. The Morgan fingerprint density at radius 2 is 1.37 bits per heavy atom. The van der Waals surface area contributed by atoms with Crippen LogP contribution in [-0.2, 0) is 9.59 Å².